The number of aromatic amines is 2. The second kappa shape index (κ2) is 4.63. The molecule has 0 amide bonds. The number of benzene rings is 1. The number of hydrogen-bond acceptors (Lipinski definition) is 4. The van der Waals surface area contributed by atoms with E-state index in [1.165, 1.54) is 12.5 Å². The predicted octanol–water partition coefficient (Wildman–Crippen LogP) is 2.74. The smallest absolute Gasteiger partial charge is 0.271 e. The molecule has 4 rings (SSSR count). The van der Waals surface area contributed by atoms with Crippen molar-refractivity contribution >= 4 is 10.8 Å². The highest BCUT2D eigenvalue weighted by molar-refractivity contribution is 6.02. The van der Waals surface area contributed by atoms with Crippen LogP contribution in [0.25, 0.3) is 33.4 Å². The standard InChI is InChI=1S/C16H10N2O4/c19-15-13-9(11-3-1-7-21-11)5-6-10(12-4-2-8-22-12)14(13)16(20)18-17-15/h1-8H,(H,17,19)(H,18,20). The molecule has 0 saturated heterocycles. The highest BCUT2D eigenvalue weighted by Gasteiger charge is 2.17. The lowest BCUT2D eigenvalue weighted by Gasteiger charge is -2.06. The van der Waals surface area contributed by atoms with Gasteiger partial charge in [-0.2, -0.15) is 0 Å². The molecule has 0 saturated carbocycles. The van der Waals surface area contributed by atoms with E-state index in [0.717, 1.165) is 0 Å². The summed E-state index contributed by atoms with van der Waals surface area (Å²) in [4.78, 5) is 24.5. The molecule has 0 atom stereocenters. The molecule has 1 aromatic carbocycles. The molecule has 3 aromatic heterocycles. The molecule has 0 aliphatic carbocycles. The van der Waals surface area contributed by atoms with Crippen LogP contribution in [0, 0.1) is 0 Å². The lowest BCUT2D eigenvalue weighted by Crippen LogP contribution is -2.20. The summed E-state index contributed by atoms with van der Waals surface area (Å²) in [6.07, 6.45) is 3.03. The van der Waals surface area contributed by atoms with Crippen LogP contribution in [0.15, 0.2) is 67.3 Å². The van der Waals surface area contributed by atoms with Gasteiger partial charge in [-0.3, -0.25) is 19.8 Å². The van der Waals surface area contributed by atoms with Gasteiger partial charge in [0, 0.05) is 11.1 Å². The predicted molar refractivity (Wildman–Crippen MR) is 80.6 cm³/mol. The number of H-pyrrole nitrogens is 2. The monoisotopic (exact) mass is 294 g/mol. The zero-order valence-electron chi connectivity index (χ0n) is 11.3. The van der Waals surface area contributed by atoms with Gasteiger partial charge in [-0.25, -0.2) is 0 Å². The molecule has 0 unspecified atom stereocenters. The Hall–Kier alpha value is -3.28. The van der Waals surface area contributed by atoms with Crippen molar-refractivity contribution in [3.8, 4) is 22.6 Å². The average Bonchev–Trinajstić information content (AvgIpc) is 3.22. The van der Waals surface area contributed by atoms with E-state index in [2.05, 4.69) is 10.2 Å². The minimum atomic E-state index is -0.394. The molecule has 0 fully saturated rings. The molecule has 108 valence electrons. The summed E-state index contributed by atoms with van der Waals surface area (Å²) in [7, 11) is 0. The first-order valence-electron chi connectivity index (χ1n) is 6.61. The Bertz CT molecular complexity index is 967. The van der Waals surface area contributed by atoms with E-state index in [4.69, 9.17) is 8.83 Å². The Morgan fingerprint density at radius 2 is 1.14 bits per heavy atom. The van der Waals surface area contributed by atoms with Gasteiger partial charge in [0.15, 0.2) is 0 Å². The van der Waals surface area contributed by atoms with E-state index in [-0.39, 0.29) is 10.8 Å². The molecule has 3 heterocycles. The first kappa shape index (κ1) is 12.5. The highest BCUT2D eigenvalue weighted by Crippen LogP contribution is 2.32. The minimum Gasteiger partial charge on any atom is -0.464 e. The van der Waals surface area contributed by atoms with E-state index in [1.54, 1.807) is 36.4 Å². The summed E-state index contributed by atoms with van der Waals surface area (Å²) < 4.78 is 10.7. The fraction of sp³-hybridized carbons (Fsp3) is 0. The van der Waals surface area contributed by atoms with Crippen LogP contribution < -0.4 is 11.1 Å². The Balaban J connectivity index is 2.20. The lowest BCUT2D eigenvalue weighted by atomic mass is 9.99. The highest BCUT2D eigenvalue weighted by atomic mass is 16.3. The quantitative estimate of drug-likeness (QED) is 0.594. The van der Waals surface area contributed by atoms with Gasteiger partial charge in [-0.05, 0) is 36.4 Å². The van der Waals surface area contributed by atoms with Crippen molar-refractivity contribution in [1.82, 2.24) is 10.2 Å². The van der Waals surface area contributed by atoms with E-state index in [1.807, 2.05) is 0 Å². The molecular formula is C16H10N2O4. The van der Waals surface area contributed by atoms with Crippen LogP contribution >= 0.6 is 0 Å². The van der Waals surface area contributed by atoms with Crippen molar-refractivity contribution in [1.29, 1.82) is 0 Å². The molecule has 22 heavy (non-hydrogen) atoms. The first-order chi connectivity index (χ1) is 10.8. The second-order valence-electron chi connectivity index (χ2n) is 4.77. The van der Waals surface area contributed by atoms with Crippen LogP contribution in [0.1, 0.15) is 0 Å². The van der Waals surface area contributed by atoms with Gasteiger partial charge in [-0.1, -0.05) is 0 Å². The van der Waals surface area contributed by atoms with Crippen LogP contribution in [0.4, 0.5) is 0 Å². The fourth-order valence-corrected chi connectivity index (χ4v) is 2.59. The maximum Gasteiger partial charge on any atom is 0.271 e. The molecule has 0 aliphatic rings. The van der Waals surface area contributed by atoms with Crippen LogP contribution in [0.2, 0.25) is 0 Å². The topological polar surface area (TPSA) is 92.0 Å². The number of aromatic nitrogens is 2. The normalized spacial score (nSPS) is 11.1. The van der Waals surface area contributed by atoms with Crippen molar-refractivity contribution in [2.24, 2.45) is 0 Å². The Morgan fingerprint density at radius 3 is 1.50 bits per heavy atom. The van der Waals surface area contributed by atoms with Crippen LogP contribution in [0.3, 0.4) is 0 Å². The summed E-state index contributed by atoms with van der Waals surface area (Å²) in [6, 6.07) is 10.4. The number of rotatable bonds is 2. The SMILES string of the molecule is O=c1[nH][nH]c(=O)c2c(-c3ccco3)ccc(-c3ccco3)c12. The van der Waals surface area contributed by atoms with E-state index in [9.17, 15) is 9.59 Å². The van der Waals surface area contributed by atoms with Crippen LogP contribution in [-0.2, 0) is 0 Å². The van der Waals surface area contributed by atoms with Crippen molar-refractivity contribution in [2.45, 2.75) is 0 Å². The number of furan rings is 2. The van der Waals surface area contributed by atoms with Crippen LogP contribution in [0.5, 0.6) is 0 Å². The van der Waals surface area contributed by atoms with Gasteiger partial charge >= 0.3 is 0 Å². The van der Waals surface area contributed by atoms with Gasteiger partial charge in [0.2, 0.25) is 0 Å². The van der Waals surface area contributed by atoms with Crippen molar-refractivity contribution in [3.63, 3.8) is 0 Å². The third-order valence-electron chi connectivity index (χ3n) is 3.52. The molecule has 2 N–H and O–H groups in total. The van der Waals surface area contributed by atoms with Crippen molar-refractivity contribution < 1.29 is 8.83 Å². The third kappa shape index (κ3) is 1.74. The Kier molecular flexibility index (Phi) is 2.62. The Morgan fingerprint density at radius 1 is 0.682 bits per heavy atom. The number of hydrogen-bond donors (Lipinski definition) is 2. The average molecular weight is 294 g/mol. The molecule has 4 aromatic rings. The first-order valence-corrected chi connectivity index (χ1v) is 6.61. The maximum absolute atomic E-state index is 12.3. The van der Waals surface area contributed by atoms with E-state index >= 15 is 0 Å². The van der Waals surface area contributed by atoms with Gasteiger partial charge < -0.3 is 8.83 Å². The van der Waals surface area contributed by atoms with Gasteiger partial charge in [-0.15, -0.1) is 0 Å². The van der Waals surface area contributed by atoms with Crippen LogP contribution in [-0.4, -0.2) is 10.2 Å². The number of nitrogens with one attached hydrogen (secondary N) is 2. The summed E-state index contributed by atoms with van der Waals surface area (Å²) in [5, 5.41) is 5.25. The molecule has 0 radical (unpaired) electrons. The summed E-state index contributed by atoms with van der Waals surface area (Å²) in [5.74, 6) is 1.04. The summed E-state index contributed by atoms with van der Waals surface area (Å²) in [5.41, 5.74) is 0.328. The molecule has 0 bridgehead atoms. The molecular weight excluding hydrogens is 284 g/mol. The largest absolute Gasteiger partial charge is 0.464 e. The van der Waals surface area contributed by atoms with Gasteiger partial charge in [0.25, 0.3) is 11.1 Å². The van der Waals surface area contributed by atoms with Crippen molar-refractivity contribution in [2.75, 3.05) is 0 Å². The zero-order valence-corrected chi connectivity index (χ0v) is 11.3. The zero-order chi connectivity index (χ0) is 15.1. The lowest BCUT2D eigenvalue weighted by molar-refractivity contribution is 0.581. The second-order valence-corrected chi connectivity index (χ2v) is 4.77. The minimum absolute atomic E-state index is 0.271. The number of fused-ring (bicyclic) bond motifs is 1. The Labute approximate surface area is 123 Å². The molecule has 6 nitrogen and oxygen atoms in total. The van der Waals surface area contributed by atoms with Gasteiger partial charge in [0.05, 0.1) is 23.3 Å². The third-order valence-corrected chi connectivity index (χ3v) is 3.52. The molecule has 0 spiro atoms. The van der Waals surface area contributed by atoms with Crippen molar-refractivity contribution in [3.05, 3.63) is 69.6 Å². The molecule has 0 aliphatic heterocycles. The summed E-state index contributed by atoms with van der Waals surface area (Å²) >= 11 is 0. The van der Waals surface area contributed by atoms with E-state index < -0.39 is 11.1 Å². The fourth-order valence-electron chi connectivity index (χ4n) is 2.59. The van der Waals surface area contributed by atoms with Gasteiger partial charge in [0.1, 0.15) is 11.5 Å². The van der Waals surface area contributed by atoms with E-state index in [0.29, 0.717) is 22.6 Å². The maximum atomic E-state index is 12.3. The molecule has 6 heteroatoms. The summed E-state index contributed by atoms with van der Waals surface area (Å²) in [6.45, 7) is 0.